The molecule has 0 aromatic heterocycles. The molecule has 0 radical (unpaired) electrons. The van der Waals surface area contributed by atoms with Gasteiger partial charge in [-0.25, -0.2) is 13.2 Å². The standard InChI is InChI=1S/C21H24ClNO5S/c1-16-8-9-17(14-20(16)29(25,26)23-10-3-2-4-11-23)21(24)28-13-12-27-19-7-5-6-18(22)15-19/h5-9,14-15H,2-4,10-13H2,1H3. The summed E-state index contributed by atoms with van der Waals surface area (Å²) in [6.07, 6.45) is 2.74. The molecule has 29 heavy (non-hydrogen) atoms. The number of halogens is 1. The predicted octanol–water partition coefficient (Wildman–Crippen LogP) is 4.06. The highest BCUT2D eigenvalue weighted by molar-refractivity contribution is 7.89. The molecule has 3 rings (SSSR count). The highest BCUT2D eigenvalue weighted by Gasteiger charge is 2.28. The number of carbonyl (C=O) groups is 1. The smallest absolute Gasteiger partial charge is 0.338 e. The fourth-order valence-corrected chi connectivity index (χ4v) is 5.13. The zero-order chi connectivity index (χ0) is 20.9. The first-order chi connectivity index (χ1) is 13.9. The van der Waals surface area contributed by atoms with E-state index in [9.17, 15) is 13.2 Å². The van der Waals surface area contributed by atoms with Crippen molar-refractivity contribution in [2.75, 3.05) is 26.3 Å². The Labute approximate surface area is 176 Å². The summed E-state index contributed by atoms with van der Waals surface area (Å²) in [5.41, 5.74) is 0.811. The Morgan fingerprint density at radius 3 is 2.55 bits per heavy atom. The lowest BCUT2D eigenvalue weighted by molar-refractivity contribution is 0.0450. The van der Waals surface area contributed by atoms with Gasteiger partial charge in [-0.3, -0.25) is 0 Å². The summed E-state index contributed by atoms with van der Waals surface area (Å²) in [6, 6.07) is 11.5. The lowest BCUT2D eigenvalue weighted by atomic mass is 10.1. The van der Waals surface area contributed by atoms with Crippen molar-refractivity contribution in [3.05, 3.63) is 58.6 Å². The van der Waals surface area contributed by atoms with Crippen molar-refractivity contribution in [3.63, 3.8) is 0 Å². The Kier molecular flexibility index (Phi) is 7.16. The molecule has 0 N–H and O–H groups in total. The number of aryl methyl sites for hydroxylation is 1. The zero-order valence-electron chi connectivity index (χ0n) is 16.3. The molecule has 0 bridgehead atoms. The summed E-state index contributed by atoms with van der Waals surface area (Å²) in [5.74, 6) is -0.00594. The summed E-state index contributed by atoms with van der Waals surface area (Å²) in [5, 5.41) is 0.557. The van der Waals surface area contributed by atoms with Crippen LogP contribution in [0.4, 0.5) is 0 Å². The van der Waals surface area contributed by atoms with Gasteiger partial charge in [0.05, 0.1) is 10.5 Å². The maximum absolute atomic E-state index is 13.0. The summed E-state index contributed by atoms with van der Waals surface area (Å²) in [4.78, 5) is 12.5. The SMILES string of the molecule is Cc1ccc(C(=O)OCCOc2cccc(Cl)c2)cc1S(=O)(=O)N1CCCCC1. The van der Waals surface area contributed by atoms with Crippen molar-refractivity contribution in [2.24, 2.45) is 0 Å². The molecule has 2 aromatic rings. The van der Waals surface area contributed by atoms with E-state index in [2.05, 4.69) is 0 Å². The van der Waals surface area contributed by atoms with Crippen LogP contribution in [0.5, 0.6) is 5.75 Å². The summed E-state index contributed by atoms with van der Waals surface area (Å²) in [7, 11) is -3.63. The Bertz CT molecular complexity index is 971. The molecule has 0 aliphatic carbocycles. The van der Waals surface area contributed by atoms with Gasteiger partial charge in [0, 0.05) is 18.1 Å². The van der Waals surface area contributed by atoms with Crippen molar-refractivity contribution in [1.29, 1.82) is 0 Å². The van der Waals surface area contributed by atoms with Crippen molar-refractivity contribution in [2.45, 2.75) is 31.1 Å². The molecule has 156 valence electrons. The highest BCUT2D eigenvalue weighted by atomic mass is 35.5. The maximum Gasteiger partial charge on any atom is 0.338 e. The third-order valence-corrected chi connectivity index (χ3v) is 7.01. The van der Waals surface area contributed by atoms with Gasteiger partial charge in [0.15, 0.2) is 0 Å². The number of carbonyl (C=O) groups excluding carboxylic acids is 1. The van der Waals surface area contributed by atoms with Crippen LogP contribution in [-0.2, 0) is 14.8 Å². The van der Waals surface area contributed by atoms with E-state index in [1.807, 2.05) is 0 Å². The lowest BCUT2D eigenvalue weighted by Crippen LogP contribution is -2.36. The first-order valence-electron chi connectivity index (χ1n) is 9.54. The number of hydrogen-bond acceptors (Lipinski definition) is 5. The van der Waals surface area contributed by atoms with Crippen LogP contribution < -0.4 is 4.74 Å². The molecule has 1 heterocycles. The fourth-order valence-electron chi connectivity index (χ4n) is 3.18. The Balaban J connectivity index is 1.63. The third-order valence-electron chi connectivity index (χ3n) is 4.74. The molecule has 8 heteroatoms. The van der Waals surface area contributed by atoms with Crippen molar-refractivity contribution >= 4 is 27.6 Å². The Hall–Kier alpha value is -2.09. The fraction of sp³-hybridized carbons (Fsp3) is 0.381. The van der Waals surface area contributed by atoms with E-state index in [4.69, 9.17) is 21.1 Å². The van der Waals surface area contributed by atoms with Crippen LogP contribution in [0.3, 0.4) is 0 Å². The first-order valence-corrected chi connectivity index (χ1v) is 11.4. The van der Waals surface area contributed by atoms with Gasteiger partial charge in [0.2, 0.25) is 10.0 Å². The minimum Gasteiger partial charge on any atom is -0.490 e. The summed E-state index contributed by atoms with van der Waals surface area (Å²) in [6.45, 7) is 2.95. The molecule has 6 nitrogen and oxygen atoms in total. The van der Waals surface area contributed by atoms with Crippen LogP contribution in [0.15, 0.2) is 47.4 Å². The van der Waals surface area contributed by atoms with Gasteiger partial charge < -0.3 is 9.47 Å². The maximum atomic E-state index is 13.0. The van der Waals surface area contributed by atoms with Crippen LogP contribution >= 0.6 is 11.6 Å². The topological polar surface area (TPSA) is 72.9 Å². The summed E-state index contributed by atoms with van der Waals surface area (Å²) >= 11 is 5.89. The number of benzene rings is 2. The number of nitrogens with zero attached hydrogens (tertiary/aromatic N) is 1. The minimum atomic E-state index is -3.63. The first kappa shape index (κ1) is 21.6. The molecule has 0 saturated carbocycles. The second-order valence-corrected chi connectivity index (χ2v) is 9.23. The Morgan fingerprint density at radius 2 is 1.83 bits per heavy atom. The number of rotatable bonds is 7. The van der Waals surface area contributed by atoms with Crippen LogP contribution in [-0.4, -0.2) is 45.0 Å². The number of esters is 1. The molecule has 0 amide bonds. The molecule has 0 unspecified atom stereocenters. The third kappa shape index (κ3) is 5.50. The molecule has 1 aliphatic rings. The number of hydrogen-bond donors (Lipinski definition) is 0. The number of ether oxygens (including phenoxy) is 2. The van der Waals surface area contributed by atoms with Gasteiger partial charge in [-0.05, 0) is 55.7 Å². The second-order valence-electron chi connectivity index (χ2n) is 6.89. The summed E-state index contributed by atoms with van der Waals surface area (Å²) < 4.78 is 38.1. The van der Waals surface area contributed by atoms with E-state index < -0.39 is 16.0 Å². The molecule has 2 aromatic carbocycles. The molecule has 1 aliphatic heterocycles. The minimum absolute atomic E-state index is 0.0352. The van der Waals surface area contributed by atoms with E-state index >= 15 is 0 Å². The average molecular weight is 438 g/mol. The van der Waals surface area contributed by atoms with E-state index in [1.54, 1.807) is 43.3 Å². The molecular formula is C21H24ClNO5S. The van der Waals surface area contributed by atoms with Gasteiger partial charge in [0.25, 0.3) is 0 Å². The molecular weight excluding hydrogens is 414 g/mol. The van der Waals surface area contributed by atoms with Crippen molar-refractivity contribution in [1.82, 2.24) is 4.31 Å². The highest BCUT2D eigenvalue weighted by Crippen LogP contribution is 2.24. The van der Waals surface area contributed by atoms with Gasteiger partial charge >= 0.3 is 5.97 Å². The van der Waals surface area contributed by atoms with Crippen LogP contribution in [0.1, 0.15) is 35.2 Å². The molecule has 0 spiro atoms. The normalized spacial score (nSPS) is 15.1. The zero-order valence-corrected chi connectivity index (χ0v) is 17.8. The predicted molar refractivity (Wildman–Crippen MR) is 111 cm³/mol. The van der Waals surface area contributed by atoms with Gasteiger partial charge in [-0.15, -0.1) is 0 Å². The van der Waals surface area contributed by atoms with Crippen LogP contribution in [0.25, 0.3) is 0 Å². The van der Waals surface area contributed by atoms with Crippen molar-refractivity contribution in [3.8, 4) is 5.75 Å². The van der Waals surface area contributed by atoms with Gasteiger partial charge in [-0.2, -0.15) is 4.31 Å². The second kappa shape index (κ2) is 9.61. The Morgan fingerprint density at radius 1 is 1.07 bits per heavy atom. The lowest BCUT2D eigenvalue weighted by Gasteiger charge is -2.26. The molecule has 1 saturated heterocycles. The van der Waals surface area contributed by atoms with E-state index in [0.717, 1.165) is 19.3 Å². The quantitative estimate of drug-likeness (QED) is 0.482. The molecule has 1 fully saturated rings. The average Bonchev–Trinajstić information content (AvgIpc) is 2.72. The number of piperidine rings is 1. The van der Waals surface area contributed by atoms with Crippen LogP contribution in [0.2, 0.25) is 5.02 Å². The van der Waals surface area contributed by atoms with E-state index in [-0.39, 0.29) is 23.7 Å². The molecule has 0 atom stereocenters. The van der Waals surface area contributed by atoms with E-state index in [0.29, 0.717) is 29.4 Å². The largest absolute Gasteiger partial charge is 0.490 e. The number of sulfonamides is 1. The van der Waals surface area contributed by atoms with Crippen molar-refractivity contribution < 1.29 is 22.7 Å². The van der Waals surface area contributed by atoms with Gasteiger partial charge in [-0.1, -0.05) is 30.2 Å². The van der Waals surface area contributed by atoms with E-state index in [1.165, 1.54) is 10.4 Å². The monoisotopic (exact) mass is 437 g/mol. The van der Waals surface area contributed by atoms with Crippen LogP contribution in [0, 0.1) is 6.92 Å². The van der Waals surface area contributed by atoms with Gasteiger partial charge in [0.1, 0.15) is 19.0 Å².